The van der Waals surface area contributed by atoms with E-state index < -0.39 is 5.97 Å². The fourth-order valence-corrected chi connectivity index (χ4v) is 2.30. The van der Waals surface area contributed by atoms with Crippen molar-refractivity contribution in [3.8, 4) is 0 Å². The maximum Gasteiger partial charge on any atom is 0.335 e. The monoisotopic (exact) mass is 268 g/mol. The van der Waals surface area contributed by atoms with Gasteiger partial charge < -0.3 is 5.11 Å². The summed E-state index contributed by atoms with van der Waals surface area (Å²) < 4.78 is 0. The first-order valence-electron chi connectivity index (χ1n) is 7.09. The SMILES string of the molecule is CCc1ccc(CCCc2cccc(C(=O)O)c2)cc1. The van der Waals surface area contributed by atoms with Crippen LogP contribution in [0.2, 0.25) is 0 Å². The Kier molecular flexibility index (Phi) is 4.94. The number of aryl methyl sites for hydroxylation is 3. The predicted molar refractivity (Wildman–Crippen MR) is 81.2 cm³/mol. The average molecular weight is 268 g/mol. The van der Waals surface area contributed by atoms with E-state index in [1.165, 1.54) is 11.1 Å². The van der Waals surface area contributed by atoms with Crippen molar-refractivity contribution in [2.24, 2.45) is 0 Å². The van der Waals surface area contributed by atoms with Gasteiger partial charge in [-0.2, -0.15) is 0 Å². The topological polar surface area (TPSA) is 37.3 Å². The van der Waals surface area contributed by atoms with E-state index in [2.05, 4.69) is 31.2 Å². The molecule has 0 aliphatic rings. The van der Waals surface area contributed by atoms with Gasteiger partial charge in [0, 0.05) is 0 Å². The zero-order chi connectivity index (χ0) is 14.4. The van der Waals surface area contributed by atoms with Crippen LogP contribution in [0.5, 0.6) is 0 Å². The summed E-state index contributed by atoms with van der Waals surface area (Å²) in [5.74, 6) is -0.859. The van der Waals surface area contributed by atoms with Crippen LogP contribution >= 0.6 is 0 Å². The highest BCUT2D eigenvalue weighted by molar-refractivity contribution is 5.87. The summed E-state index contributed by atoms with van der Waals surface area (Å²) >= 11 is 0. The average Bonchev–Trinajstić information content (AvgIpc) is 2.48. The van der Waals surface area contributed by atoms with Gasteiger partial charge in [-0.3, -0.25) is 0 Å². The minimum atomic E-state index is -0.859. The summed E-state index contributed by atoms with van der Waals surface area (Å²) in [7, 11) is 0. The van der Waals surface area contributed by atoms with E-state index >= 15 is 0 Å². The van der Waals surface area contributed by atoms with Crippen LogP contribution in [-0.2, 0) is 19.3 Å². The van der Waals surface area contributed by atoms with Gasteiger partial charge in [0.1, 0.15) is 0 Å². The van der Waals surface area contributed by atoms with Crippen LogP contribution in [0.4, 0.5) is 0 Å². The van der Waals surface area contributed by atoms with E-state index in [0.717, 1.165) is 31.2 Å². The second kappa shape index (κ2) is 6.90. The van der Waals surface area contributed by atoms with E-state index in [0.29, 0.717) is 5.56 Å². The number of carboxylic acids is 1. The summed E-state index contributed by atoms with van der Waals surface area (Å²) in [4.78, 5) is 10.9. The van der Waals surface area contributed by atoms with Gasteiger partial charge in [-0.1, -0.05) is 43.3 Å². The fraction of sp³-hybridized carbons (Fsp3) is 0.278. The van der Waals surface area contributed by atoms with E-state index in [4.69, 9.17) is 5.11 Å². The molecule has 0 saturated heterocycles. The maximum atomic E-state index is 10.9. The minimum absolute atomic E-state index is 0.370. The van der Waals surface area contributed by atoms with Crippen molar-refractivity contribution in [2.75, 3.05) is 0 Å². The Morgan fingerprint density at radius 1 is 0.950 bits per heavy atom. The van der Waals surface area contributed by atoms with Crippen LogP contribution in [0.25, 0.3) is 0 Å². The van der Waals surface area contributed by atoms with Crippen LogP contribution in [-0.4, -0.2) is 11.1 Å². The smallest absolute Gasteiger partial charge is 0.335 e. The third-order valence-corrected chi connectivity index (χ3v) is 3.54. The molecular formula is C18H20O2. The van der Waals surface area contributed by atoms with Crippen molar-refractivity contribution in [3.05, 3.63) is 70.8 Å². The highest BCUT2D eigenvalue weighted by Gasteiger charge is 2.03. The Morgan fingerprint density at radius 2 is 1.60 bits per heavy atom. The Labute approximate surface area is 120 Å². The first-order valence-corrected chi connectivity index (χ1v) is 7.09. The molecule has 0 unspecified atom stereocenters. The van der Waals surface area contributed by atoms with E-state index in [1.807, 2.05) is 12.1 Å². The molecule has 20 heavy (non-hydrogen) atoms. The van der Waals surface area contributed by atoms with Gasteiger partial charge in [-0.15, -0.1) is 0 Å². The lowest BCUT2D eigenvalue weighted by molar-refractivity contribution is 0.0696. The Morgan fingerprint density at radius 3 is 2.25 bits per heavy atom. The molecule has 0 atom stereocenters. The van der Waals surface area contributed by atoms with Crippen LogP contribution in [0.15, 0.2) is 48.5 Å². The van der Waals surface area contributed by atoms with Crippen molar-refractivity contribution in [1.82, 2.24) is 0 Å². The minimum Gasteiger partial charge on any atom is -0.478 e. The second-order valence-electron chi connectivity index (χ2n) is 5.03. The molecule has 0 spiro atoms. The van der Waals surface area contributed by atoms with Gasteiger partial charge in [-0.05, 0) is 54.5 Å². The Hall–Kier alpha value is -2.09. The fourth-order valence-electron chi connectivity index (χ4n) is 2.30. The molecule has 2 aromatic rings. The van der Waals surface area contributed by atoms with Gasteiger partial charge >= 0.3 is 5.97 Å². The first-order chi connectivity index (χ1) is 9.69. The molecule has 104 valence electrons. The predicted octanol–water partition coefficient (Wildman–Crippen LogP) is 4.12. The number of hydrogen-bond acceptors (Lipinski definition) is 1. The second-order valence-corrected chi connectivity index (χ2v) is 5.03. The number of carboxylic acid groups (broad SMARTS) is 1. The van der Waals surface area contributed by atoms with Gasteiger partial charge in [0.25, 0.3) is 0 Å². The molecule has 0 aromatic heterocycles. The summed E-state index contributed by atoms with van der Waals surface area (Å²) in [6.45, 7) is 2.16. The summed E-state index contributed by atoms with van der Waals surface area (Å²) in [6, 6.07) is 15.9. The molecule has 0 heterocycles. The van der Waals surface area contributed by atoms with Crippen molar-refractivity contribution < 1.29 is 9.90 Å². The summed E-state index contributed by atoms with van der Waals surface area (Å²) in [6.07, 6.45) is 4.05. The molecule has 0 radical (unpaired) electrons. The molecule has 2 heteroatoms. The zero-order valence-corrected chi connectivity index (χ0v) is 11.8. The van der Waals surface area contributed by atoms with Crippen LogP contribution in [0.3, 0.4) is 0 Å². The lowest BCUT2D eigenvalue weighted by Crippen LogP contribution is -1.98. The normalized spacial score (nSPS) is 10.4. The molecule has 0 aliphatic heterocycles. The van der Waals surface area contributed by atoms with Gasteiger partial charge in [0.05, 0.1) is 5.56 Å². The third kappa shape index (κ3) is 3.95. The standard InChI is InChI=1S/C18H20O2/c1-2-14-9-11-15(12-10-14)5-3-6-16-7-4-8-17(13-16)18(19)20/h4,7-13H,2-3,5-6H2,1H3,(H,19,20). The Balaban J connectivity index is 1.88. The molecule has 2 nitrogen and oxygen atoms in total. The van der Waals surface area contributed by atoms with Crippen LogP contribution < -0.4 is 0 Å². The zero-order valence-electron chi connectivity index (χ0n) is 11.8. The van der Waals surface area contributed by atoms with Gasteiger partial charge in [-0.25, -0.2) is 4.79 Å². The van der Waals surface area contributed by atoms with Crippen molar-refractivity contribution in [2.45, 2.75) is 32.6 Å². The van der Waals surface area contributed by atoms with E-state index in [9.17, 15) is 4.79 Å². The van der Waals surface area contributed by atoms with E-state index in [1.54, 1.807) is 12.1 Å². The van der Waals surface area contributed by atoms with Crippen molar-refractivity contribution in [3.63, 3.8) is 0 Å². The molecule has 0 aliphatic carbocycles. The van der Waals surface area contributed by atoms with Gasteiger partial charge in [0.2, 0.25) is 0 Å². The maximum absolute atomic E-state index is 10.9. The number of carbonyl (C=O) groups is 1. The molecule has 0 bridgehead atoms. The molecule has 2 aromatic carbocycles. The van der Waals surface area contributed by atoms with Crippen LogP contribution in [0.1, 0.15) is 40.4 Å². The molecule has 2 rings (SSSR count). The van der Waals surface area contributed by atoms with Crippen molar-refractivity contribution >= 4 is 5.97 Å². The highest BCUT2D eigenvalue weighted by atomic mass is 16.4. The molecular weight excluding hydrogens is 248 g/mol. The molecule has 1 N–H and O–H groups in total. The highest BCUT2D eigenvalue weighted by Crippen LogP contribution is 2.12. The summed E-state index contributed by atoms with van der Waals surface area (Å²) in [5, 5.41) is 8.96. The molecule has 0 fully saturated rings. The Bertz CT molecular complexity index is 570. The quantitative estimate of drug-likeness (QED) is 0.855. The number of rotatable bonds is 6. The number of aromatic carboxylic acids is 1. The molecule has 0 saturated carbocycles. The number of benzene rings is 2. The largest absolute Gasteiger partial charge is 0.478 e. The lowest BCUT2D eigenvalue weighted by atomic mass is 10.0. The van der Waals surface area contributed by atoms with Crippen LogP contribution in [0, 0.1) is 0 Å². The van der Waals surface area contributed by atoms with Gasteiger partial charge in [0.15, 0.2) is 0 Å². The summed E-state index contributed by atoms with van der Waals surface area (Å²) in [5.41, 5.74) is 4.17. The molecule has 0 amide bonds. The third-order valence-electron chi connectivity index (χ3n) is 3.54. The number of hydrogen-bond donors (Lipinski definition) is 1. The van der Waals surface area contributed by atoms with Crippen molar-refractivity contribution in [1.29, 1.82) is 0 Å². The first kappa shape index (κ1) is 14.3. The van der Waals surface area contributed by atoms with E-state index in [-0.39, 0.29) is 0 Å². The lowest BCUT2D eigenvalue weighted by Gasteiger charge is -2.04.